The molecule has 4 heteroatoms. The molecule has 1 aliphatic carbocycles. The summed E-state index contributed by atoms with van der Waals surface area (Å²) in [5, 5.41) is 3.49. The summed E-state index contributed by atoms with van der Waals surface area (Å²) >= 11 is 0. The molecule has 1 aromatic heterocycles. The van der Waals surface area contributed by atoms with Crippen molar-refractivity contribution in [3.05, 3.63) is 23.7 Å². The molecule has 0 spiro atoms. The topological polar surface area (TPSA) is 37.6 Å². The number of fused-ring (bicyclic) bond motifs is 1. The summed E-state index contributed by atoms with van der Waals surface area (Å²) in [7, 11) is 0. The van der Waals surface area contributed by atoms with Crippen molar-refractivity contribution in [2.45, 2.75) is 50.8 Å². The van der Waals surface area contributed by atoms with E-state index in [4.69, 9.17) is 9.15 Å². The quantitative estimate of drug-likeness (QED) is 0.903. The van der Waals surface area contributed by atoms with Crippen LogP contribution in [0.3, 0.4) is 0 Å². The minimum Gasteiger partial charge on any atom is -0.464 e. The monoisotopic (exact) mass is 290 g/mol. The maximum Gasteiger partial charge on any atom is 0.117 e. The van der Waals surface area contributed by atoms with E-state index in [1.807, 2.05) is 0 Å². The molecule has 4 atom stereocenters. The molecule has 0 aromatic carbocycles. The maximum absolute atomic E-state index is 5.96. The van der Waals surface area contributed by atoms with Gasteiger partial charge in [0.25, 0.3) is 0 Å². The summed E-state index contributed by atoms with van der Waals surface area (Å²) in [6, 6.07) is 4.96. The highest BCUT2D eigenvalue weighted by molar-refractivity contribution is 5.17. The number of morpholine rings is 1. The van der Waals surface area contributed by atoms with Crippen LogP contribution >= 0.6 is 0 Å². The van der Waals surface area contributed by atoms with Crippen LogP contribution in [-0.4, -0.2) is 43.3 Å². The van der Waals surface area contributed by atoms with Gasteiger partial charge in [-0.25, -0.2) is 0 Å². The summed E-state index contributed by atoms with van der Waals surface area (Å²) in [4.78, 5) is 2.59. The molecule has 4 nitrogen and oxygen atoms in total. The third kappa shape index (κ3) is 3.03. The second kappa shape index (κ2) is 5.75. The number of rotatable bonds is 5. The second-order valence-electron chi connectivity index (χ2n) is 7.00. The van der Waals surface area contributed by atoms with Gasteiger partial charge in [0.1, 0.15) is 11.5 Å². The van der Waals surface area contributed by atoms with Crippen molar-refractivity contribution in [1.82, 2.24) is 10.2 Å². The average molecular weight is 290 g/mol. The number of hydrogen-bond acceptors (Lipinski definition) is 4. The number of nitrogens with one attached hydrogen (secondary N) is 1. The summed E-state index contributed by atoms with van der Waals surface area (Å²) in [5.41, 5.74) is 0. The lowest BCUT2D eigenvalue weighted by Crippen LogP contribution is -2.49. The molecule has 3 fully saturated rings. The zero-order valence-electron chi connectivity index (χ0n) is 12.9. The van der Waals surface area contributed by atoms with Crippen LogP contribution in [0.5, 0.6) is 0 Å². The molecule has 1 N–H and O–H groups in total. The van der Waals surface area contributed by atoms with Gasteiger partial charge in [0.15, 0.2) is 0 Å². The molecule has 116 valence electrons. The number of nitrogens with zero attached hydrogens (tertiary/aromatic N) is 1. The first kappa shape index (κ1) is 13.8. The van der Waals surface area contributed by atoms with E-state index in [1.165, 1.54) is 31.6 Å². The van der Waals surface area contributed by atoms with Gasteiger partial charge in [-0.3, -0.25) is 4.90 Å². The highest BCUT2D eigenvalue weighted by Gasteiger charge is 2.36. The van der Waals surface area contributed by atoms with Gasteiger partial charge in [-0.1, -0.05) is 6.92 Å². The van der Waals surface area contributed by atoms with Crippen molar-refractivity contribution in [2.24, 2.45) is 5.92 Å². The van der Waals surface area contributed by atoms with E-state index in [-0.39, 0.29) is 0 Å². The standard InChI is InChI=1S/C17H26N2O2/c1-12-7-16(12)17-5-4-14(21-17)8-18-9-15-10-19-6-2-3-13(19)11-20-15/h4-5,12-13,15-16,18H,2-3,6-11H2,1H3. The Hall–Kier alpha value is -0.840. The minimum absolute atomic E-state index is 0.331. The minimum atomic E-state index is 0.331. The Morgan fingerprint density at radius 1 is 1.38 bits per heavy atom. The molecule has 4 unspecified atom stereocenters. The summed E-state index contributed by atoms with van der Waals surface area (Å²) in [6.45, 7) is 7.27. The lowest BCUT2D eigenvalue weighted by atomic mass is 10.2. The Labute approximate surface area is 126 Å². The van der Waals surface area contributed by atoms with Crippen molar-refractivity contribution in [1.29, 1.82) is 0 Å². The maximum atomic E-state index is 5.96. The predicted octanol–water partition coefficient (Wildman–Crippen LogP) is 2.36. The Balaban J connectivity index is 1.21. The SMILES string of the molecule is CC1CC1c1ccc(CNCC2CN3CCCC3CO2)o1. The average Bonchev–Trinajstić information content (AvgIpc) is 2.93. The molecule has 4 rings (SSSR count). The van der Waals surface area contributed by atoms with Gasteiger partial charge in [-0.2, -0.15) is 0 Å². The van der Waals surface area contributed by atoms with Gasteiger partial charge in [-0.05, 0) is 43.9 Å². The van der Waals surface area contributed by atoms with Gasteiger partial charge in [0.05, 0.1) is 19.3 Å². The van der Waals surface area contributed by atoms with Gasteiger partial charge in [0, 0.05) is 25.0 Å². The summed E-state index contributed by atoms with van der Waals surface area (Å²) in [6.07, 6.45) is 4.27. The highest BCUT2D eigenvalue weighted by Crippen LogP contribution is 2.47. The lowest BCUT2D eigenvalue weighted by Gasteiger charge is -2.35. The Bertz CT molecular complexity index is 487. The molecular weight excluding hydrogens is 264 g/mol. The van der Waals surface area contributed by atoms with Crippen LogP contribution in [0.1, 0.15) is 43.6 Å². The Morgan fingerprint density at radius 2 is 2.29 bits per heavy atom. The van der Waals surface area contributed by atoms with Crippen molar-refractivity contribution >= 4 is 0 Å². The van der Waals surface area contributed by atoms with Gasteiger partial charge >= 0.3 is 0 Å². The largest absolute Gasteiger partial charge is 0.464 e. The molecule has 2 aliphatic heterocycles. The second-order valence-corrected chi connectivity index (χ2v) is 7.00. The summed E-state index contributed by atoms with van der Waals surface area (Å²) in [5.74, 6) is 3.71. The van der Waals surface area contributed by atoms with E-state index < -0.39 is 0 Å². The first-order valence-corrected chi connectivity index (χ1v) is 8.44. The van der Waals surface area contributed by atoms with Crippen LogP contribution in [-0.2, 0) is 11.3 Å². The fourth-order valence-corrected chi connectivity index (χ4v) is 3.77. The van der Waals surface area contributed by atoms with Crippen LogP contribution in [0.25, 0.3) is 0 Å². The third-order valence-corrected chi connectivity index (χ3v) is 5.29. The van der Waals surface area contributed by atoms with E-state index in [9.17, 15) is 0 Å². The van der Waals surface area contributed by atoms with E-state index in [1.54, 1.807) is 0 Å². The molecule has 3 heterocycles. The van der Waals surface area contributed by atoms with Gasteiger partial charge in [-0.15, -0.1) is 0 Å². The zero-order valence-corrected chi connectivity index (χ0v) is 12.9. The van der Waals surface area contributed by atoms with Gasteiger partial charge in [0.2, 0.25) is 0 Å². The van der Waals surface area contributed by atoms with Crippen LogP contribution < -0.4 is 5.32 Å². The van der Waals surface area contributed by atoms with E-state index in [0.29, 0.717) is 18.1 Å². The fraction of sp³-hybridized carbons (Fsp3) is 0.765. The number of hydrogen-bond donors (Lipinski definition) is 1. The molecule has 0 bridgehead atoms. The molecule has 1 aromatic rings. The van der Waals surface area contributed by atoms with Crippen molar-refractivity contribution in [3.63, 3.8) is 0 Å². The molecule has 0 radical (unpaired) electrons. The summed E-state index contributed by atoms with van der Waals surface area (Å²) < 4.78 is 11.9. The highest BCUT2D eigenvalue weighted by atomic mass is 16.5. The van der Waals surface area contributed by atoms with Crippen LogP contribution in [0, 0.1) is 5.92 Å². The predicted molar refractivity (Wildman–Crippen MR) is 81.3 cm³/mol. The molecule has 3 aliphatic rings. The first-order valence-electron chi connectivity index (χ1n) is 8.44. The number of furan rings is 1. The van der Waals surface area contributed by atoms with Crippen molar-refractivity contribution in [3.8, 4) is 0 Å². The van der Waals surface area contributed by atoms with E-state index in [0.717, 1.165) is 37.9 Å². The zero-order chi connectivity index (χ0) is 14.2. The fourth-order valence-electron chi connectivity index (χ4n) is 3.77. The lowest BCUT2D eigenvalue weighted by molar-refractivity contribution is -0.0471. The number of ether oxygens (including phenoxy) is 1. The molecule has 2 saturated heterocycles. The Morgan fingerprint density at radius 3 is 3.14 bits per heavy atom. The van der Waals surface area contributed by atoms with Crippen LogP contribution in [0.2, 0.25) is 0 Å². The Kier molecular flexibility index (Phi) is 3.78. The molecule has 1 saturated carbocycles. The van der Waals surface area contributed by atoms with Crippen molar-refractivity contribution < 1.29 is 9.15 Å². The molecule has 21 heavy (non-hydrogen) atoms. The third-order valence-electron chi connectivity index (χ3n) is 5.29. The first-order chi connectivity index (χ1) is 10.3. The van der Waals surface area contributed by atoms with Crippen LogP contribution in [0.15, 0.2) is 16.5 Å². The van der Waals surface area contributed by atoms with Crippen LogP contribution in [0.4, 0.5) is 0 Å². The smallest absolute Gasteiger partial charge is 0.117 e. The normalized spacial score (nSPS) is 35.9. The molecular formula is C17H26N2O2. The van der Waals surface area contributed by atoms with Crippen molar-refractivity contribution in [2.75, 3.05) is 26.2 Å². The molecule has 0 amide bonds. The van der Waals surface area contributed by atoms with E-state index in [2.05, 4.69) is 29.3 Å². The van der Waals surface area contributed by atoms with E-state index >= 15 is 0 Å². The van der Waals surface area contributed by atoms with Gasteiger partial charge < -0.3 is 14.5 Å².